The van der Waals surface area contributed by atoms with Crippen molar-refractivity contribution in [2.24, 2.45) is 11.8 Å². The molecule has 5 heteroatoms. The average Bonchev–Trinajstić information content (AvgIpc) is 3.56. The maximum atomic E-state index is 12.8. The zero-order valence-corrected chi connectivity index (χ0v) is 17.4. The SMILES string of the molecule is CCC(=O)[C@H](NC(=O)c1ccc(C2CN(C(=O)C3CC3)C2)cc1)C1CCCCC1.[HH]. The molecule has 0 radical (unpaired) electrons. The minimum Gasteiger partial charge on any atom is -0.342 e. The van der Waals surface area contributed by atoms with Crippen molar-refractivity contribution in [3.63, 3.8) is 0 Å². The second-order valence-corrected chi connectivity index (χ2v) is 9.01. The summed E-state index contributed by atoms with van der Waals surface area (Å²) in [6.07, 6.45) is 8.11. The van der Waals surface area contributed by atoms with E-state index in [1.165, 1.54) is 12.0 Å². The molecule has 1 saturated heterocycles. The number of likely N-dealkylation sites (tertiary alicyclic amines) is 1. The third-order valence-electron chi connectivity index (χ3n) is 6.87. The van der Waals surface area contributed by atoms with E-state index < -0.39 is 0 Å². The fourth-order valence-corrected chi connectivity index (χ4v) is 4.74. The van der Waals surface area contributed by atoms with Crippen molar-refractivity contribution >= 4 is 17.6 Å². The highest BCUT2D eigenvalue weighted by molar-refractivity contribution is 5.98. The first-order valence-corrected chi connectivity index (χ1v) is 11.3. The number of benzene rings is 1. The molecule has 3 fully saturated rings. The van der Waals surface area contributed by atoms with Crippen molar-refractivity contribution in [3.8, 4) is 0 Å². The molecule has 4 rings (SSSR count). The molecule has 2 saturated carbocycles. The predicted octanol–water partition coefficient (Wildman–Crippen LogP) is 3.93. The van der Waals surface area contributed by atoms with Gasteiger partial charge >= 0.3 is 0 Å². The Balaban J connectivity index is 0.00000256. The summed E-state index contributed by atoms with van der Waals surface area (Å²) in [6, 6.07) is 7.33. The highest BCUT2D eigenvalue weighted by Gasteiger charge is 2.39. The van der Waals surface area contributed by atoms with Gasteiger partial charge in [0.1, 0.15) is 0 Å². The first kappa shape index (κ1) is 20.1. The van der Waals surface area contributed by atoms with Crippen molar-refractivity contribution in [1.29, 1.82) is 0 Å². The molecule has 2 amide bonds. The summed E-state index contributed by atoms with van der Waals surface area (Å²) < 4.78 is 0. The lowest BCUT2D eigenvalue weighted by atomic mass is 9.81. The van der Waals surface area contributed by atoms with Gasteiger partial charge in [0.2, 0.25) is 5.91 Å². The van der Waals surface area contributed by atoms with Crippen LogP contribution in [0.5, 0.6) is 0 Å². The van der Waals surface area contributed by atoms with Crippen molar-refractivity contribution in [3.05, 3.63) is 35.4 Å². The van der Waals surface area contributed by atoms with E-state index in [-0.39, 0.29) is 31.0 Å². The zero-order valence-electron chi connectivity index (χ0n) is 17.4. The van der Waals surface area contributed by atoms with Crippen LogP contribution >= 0.6 is 0 Å². The lowest BCUT2D eigenvalue weighted by Crippen LogP contribution is -2.49. The second kappa shape index (κ2) is 8.68. The summed E-state index contributed by atoms with van der Waals surface area (Å²) in [7, 11) is 0. The monoisotopic (exact) mass is 398 g/mol. The van der Waals surface area contributed by atoms with E-state index in [0.29, 0.717) is 23.8 Å². The number of ketones is 1. The van der Waals surface area contributed by atoms with E-state index in [4.69, 9.17) is 0 Å². The lowest BCUT2D eigenvalue weighted by Gasteiger charge is -2.39. The molecule has 0 unspecified atom stereocenters. The molecule has 1 heterocycles. The van der Waals surface area contributed by atoms with Gasteiger partial charge in [0.05, 0.1) is 6.04 Å². The quantitative estimate of drug-likeness (QED) is 0.757. The van der Waals surface area contributed by atoms with E-state index in [1.54, 1.807) is 0 Å². The van der Waals surface area contributed by atoms with E-state index >= 15 is 0 Å². The molecule has 29 heavy (non-hydrogen) atoms. The molecular weight excluding hydrogens is 364 g/mol. The minimum absolute atomic E-state index is 0. The van der Waals surface area contributed by atoms with Gasteiger partial charge < -0.3 is 10.2 Å². The van der Waals surface area contributed by atoms with E-state index in [2.05, 4.69) is 5.32 Å². The third-order valence-corrected chi connectivity index (χ3v) is 6.87. The van der Waals surface area contributed by atoms with E-state index in [1.807, 2.05) is 36.1 Å². The van der Waals surface area contributed by atoms with Gasteiger partial charge in [-0.15, -0.1) is 0 Å². The van der Waals surface area contributed by atoms with Crippen LogP contribution in [0.25, 0.3) is 0 Å². The number of carbonyl (C=O) groups is 3. The fraction of sp³-hybridized carbons (Fsp3) is 0.625. The highest BCUT2D eigenvalue weighted by Crippen LogP contribution is 2.36. The summed E-state index contributed by atoms with van der Waals surface area (Å²) in [5.41, 5.74) is 1.78. The van der Waals surface area contributed by atoms with E-state index in [0.717, 1.165) is 51.6 Å². The Morgan fingerprint density at radius 3 is 2.28 bits per heavy atom. The number of Topliss-reactive ketones (excluding diaryl/α,β-unsaturated/α-hetero) is 1. The maximum Gasteiger partial charge on any atom is 0.251 e. The molecule has 0 aromatic heterocycles. The molecule has 0 spiro atoms. The molecule has 158 valence electrons. The summed E-state index contributed by atoms with van der Waals surface area (Å²) >= 11 is 0. The number of nitrogens with zero attached hydrogens (tertiary/aromatic N) is 1. The number of hydrogen-bond acceptors (Lipinski definition) is 3. The largest absolute Gasteiger partial charge is 0.342 e. The van der Waals surface area contributed by atoms with Crippen LogP contribution in [0, 0.1) is 11.8 Å². The summed E-state index contributed by atoms with van der Waals surface area (Å²) in [5.74, 6) is 1.21. The molecular formula is C24H34N2O3. The van der Waals surface area contributed by atoms with Gasteiger partial charge in [0.25, 0.3) is 5.91 Å². The zero-order chi connectivity index (χ0) is 20.4. The minimum atomic E-state index is -0.360. The first-order chi connectivity index (χ1) is 14.1. The van der Waals surface area contributed by atoms with Crippen molar-refractivity contribution < 1.29 is 15.8 Å². The standard InChI is InChI=1S/C24H32N2O3.H2/c1-2-21(27)22(17-6-4-3-5-7-17)25-23(28)18-10-8-16(9-11-18)20-14-26(15-20)24(29)19-12-13-19;/h8-11,17,19-20,22H,2-7,12-15H2,1H3,(H,25,28);1H/t22-;/m1./s1. The number of amides is 2. The van der Waals surface area contributed by atoms with Crippen molar-refractivity contribution in [2.45, 2.75) is 70.3 Å². The Labute approximate surface area is 174 Å². The van der Waals surface area contributed by atoms with Gasteiger partial charge in [0.15, 0.2) is 5.78 Å². The Hall–Kier alpha value is -2.17. The molecule has 5 nitrogen and oxygen atoms in total. The molecule has 1 aromatic carbocycles. The van der Waals surface area contributed by atoms with Gasteiger partial charge in [0, 0.05) is 38.3 Å². The number of hydrogen-bond donors (Lipinski definition) is 1. The third kappa shape index (κ3) is 4.54. The Kier molecular flexibility index (Phi) is 6.02. The molecule has 2 aliphatic carbocycles. The van der Waals surface area contributed by atoms with Gasteiger partial charge in [-0.3, -0.25) is 14.4 Å². The Morgan fingerprint density at radius 2 is 1.69 bits per heavy atom. The van der Waals surface area contributed by atoms with Crippen molar-refractivity contribution in [2.75, 3.05) is 13.1 Å². The van der Waals surface area contributed by atoms with Gasteiger partial charge in [-0.25, -0.2) is 0 Å². The first-order valence-electron chi connectivity index (χ1n) is 11.3. The Morgan fingerprint density at radius 1 is 1.03 bits per heavy atom. The van der Waals surface area contributed by atoms with Gasteiger partial charge in [-0.05, 0) is 49.3 Å². The van der Waals surface area contributed by atoms with Crippen LogP contribution in [-0.2, 0) is 9.59 Å². The summed E-state index contributed by atoms with van der Waals surface area (Å²) in [6.45, 7) is 3.44. The molecule has 3 aliphatic rings. The Bertz CT molecular complexity index is 763. The van der Waals surface area contributed by atoms with Gasteiger partial charge in [-0.2, -0.15) is 0 Å². The van der Waals surface area contributed by atoms with Crippen LogP contribution in [0.3, 0.4) is 0 Å². The number of rotatable bonds is 7. The summed E-state index contributed by atoms with van der Waals surface area (Å²) in [4.78, 5) is 39.3. The second-order valence-electron chi connectivity index (χ2n) is 9.01. The number of carbonyl (C=O) groups excluding carboxylic acids is 3. The highest BCUT2D eigenvalue weighted by atomic mass is 16.2. The van der Waals surface area contributed by atoms with E-state index in [9.17, 15) is 14.4 Å². The molecule has 0 bridgehead atoms. The predicted molar refractivity (Wildman–Crippen MR) is 114 cm³/mol. The molecule has 1 N–H and O–H groups in total. The fourth-order valence-electron chi connectivity index (χ4n) is 4.74. The van der Waals surface area contributed by atoms with Crippen LogP contribution in [0.2, 0.25) is 0 Å². The lowest BCUT2D eigenvalue weighted by molar-refractivity contribution is -0.137. The molecule has 1 atom stereocenters. The van der Waals surface area contributed by atoms with Crippen molar-refractivity contribution in [1.82, 2.24) is 10.2 Å². The normalized spacial score (nSPS) is 21.3. The van der Waals surface area contributed by atoms with Crippen LogP contribution in [-0.4, -0.2) is 41.6 Å². The maximum absolute atomic E-state index is 12.8. The van der Waals surface area contributed by atoms with Crippen LogP contribution in [0.4, 0.5) is 0 Å². The smallest absolute Gasteiger partial charge is 0.251 e. The van der Waals surface area contributed by atoms with Crippen LogP contribution < -0.4 is 5.32 Å². The molecule has 1 aromatic rings. The average molecular weight is 399 g/mol. The molecule has 1 aliphatic heterocycles. The summed E-state index contributed by atoms with van der Waals surface area (Å²) in [5, 5.41) is 3.03. The van der Waals surface area contributed by atoms with Crippen LogP contribution in [0.1, 0.15) is 81.6 Å². The number of nitrogens with one attached hydrogen (secondary N) is 1. The van der Waals surface area contributed by atoms with Crippen LogP contribution in [0.15, 0.2) is 24.3 Å². The topological polar surface area (TPSA) is 66.5 Å². The van der Waals surface area contributed by atoms with Gasteiger partial charge in [-0.1, -0.05) is 38.3 Å².